The molecule has 0 aromatic rings. The van der Waals surface area contributed by atoms with Crippen LogP contribution in [-0.2, 0) is 13.0 Å². The van der Waals surface area contributed by atoms with Crippen LogP contribution in [0.25, 0.3) is 0 Å². The van der Waals surface area contributed by atoms with Gasteiger partial charge in [0.15, 0.2) is 16.6 Å². The van der Waals surface area contributed by atoms with E-state index in [9.17, 15) is 10.2 Å². The molecule has 0 amide bonds. The molecular weight excluding hydrogens is 368 g/mol. The molecule has 2 N–H and O–H groups in total. The molecule has 0 spiro atoms. The molecule has 5 nitrogen and oxygen atoms in total. The van der Waals surface area contributed by atoms with E-state index in [0.717, 1.165) is 31.7 Å². The monoisotopic (exact) mass is 410 g/mol. The summed E-state index contributed by atoms with van der Waals surface area (Å²) in [7, 11) is -5.33. The molecule has 0 aliphatic rings. The summed E-state index contributed by atoms with van der Waals surface area (Å²) < 4.78 is 18.6. The van der Waals surface area contributed by atoms with E-state index in [-0.39, 0.29) is 13.2 Å². The maximum atomic E-state index is 9.20. The molecule has 25 heavy (non-hydrogen) atoms. The van der Waals surface area contributed by atoms with Crippen molar-refractivity contribution in [2.75, 3.05) is 19.8 Å². The second-order valence-corrected chi connectivity index (χ2v) is 22.2. The quantitative estimate of drug-likeness (QED) is 0.333. The van der Waals surface area contributed by atoms with Gasteiger partial charge in [0, 0.05) is 6.61 Å². The maximum absolute atomic E-state index is 9.20. The van der Waals surface area contributed by atoms with Gasteiger partial charge in [-0.05, 0) is 65.2 Å². The zero-order chi connectivity index (χ0) is 19.8. The summed E-state index contributed by atoms with van der Waals surface area (Å²) in [5, 5.41) is 18.4. The molecule has 0 heterocycles. The zero-order valence-electron chi connectivity index (χ0n) is 17.8. The Bertz CT molecular complexity index is 346. The van der Waals surface area contributed by atoms with E-state index in [1.165, 1.54) is 0 Å². The van der Waals surface area contributed by atoms with Crippen molar-refractivity contribution < 1.29 is 23.2 Å². The highest BCUT2D eigenvalue weighted by Gasteiger charge is 2.39. The Kier molecular flexibility index (Phi) is 10.9. The van der Waals surface area contributed by atoms with E-state index in [2.05, 4.69) is 45.8 Å². The fourth-order valence-corrected chi connectivity index (χ4v) is 15.4. The molecule has 0 bridgehead atoms. The Morgan fingerprint density at radius 1 is 0.720 bits per heavy atom. The Labute approximate surface area is 158 Å². The summed E-state index contributed by atoms with van der Waals surface area (Å²) in [6.07, 6.45) is 4.27. The topological polar surface area (TPSA) is 68.2 Å². The van der Waals surface area contributed by atoms with Crippen molar-refractivity contribution in [3.63, 3.8) is 0 Å². The van der Waals surface area contributed by atoms with E-state index in [4.69, 9.17) is 13.0 Å². The lowest BCUT2D eigenvalue weighted by atomic mass is 10.1. The Hall–Kier alpha value is 0.451. The van der Waals surface area contributed by atoms with Crippen LogP contribution in [0.4, 0.5) is 0 Å². The lowest BCUT2D eigenvalue weighted by molar-refractivity contribution is -0.0967. The molecule has 0 radical (unpaired) electrons. The minimum absolute atomic E-state index is 0.157. The summed E-state index contributed by atoms with van der Waals surface area (Å²) in [4.78, 5) is 0. The summed E-state index contributed by atoms with van der Waals surface area (Å²) >= 11 is 0. The molecule has 8 heteroatoms. The van der Waals surface area contributed by atoms with Gasteiger partial charge in [0.2, 0.25) is 0 Å². The lowest BCUT2D eigenvalue weighted by Gasteiger charge is -2.38. The molecule has 0 aliphatic carbocycles. The van der Waals surface area contributed by atoms with Crippen LogP contribution < -0.4 is 0 Å². The number of hydrogen-bond donors (Lipinski definition) is 2. The van der Waals surface area contributed by atoms with Crippen LogP contribution >= 0.6 is 0 Å². The van der Waals surface area contributed by atoms with E-state index in [0.29, 0.717) is 6.61 Å². The molecule has 0 aliphatic heterocycles. The largest absolute Gasteiger partial charge is 0.437 e. The Morgan fingerprint density at radius 2 is 1.16 bits per heavy atom. The highest BCUT2D eigenvalue weighted by molar-refractivity contribution is 6.87. The average molecular weight is 411 g/mol. The third-order valence-corrected chi connectivity index (χ3v) is 13.3. The highest BCUT2D eigenvalue weighted by atomic mass is 28.5. The first-order valence-corrected chi connectivity index (χ1v) is 18.8. The summed E-state index contributed by atoms with van der Waals surface area (Å²) in [5.41, 5.74) is -0.818. The molecule has 0 aromatic heterocycles. The van der Waals surface area contributed by atoms with Crippen molar-refractivity contribution in [3.8, 4) is 0 Å². The summed E-state index contributed by atoms with van der Waals surface area (Å²) in [6.45, 7) is 17.7. The minimum atomic E-state index is -2.10. The molecular formula is C17H42O5Si3. The van der Waals surface area contributed by atoms with E-state index < -0.39 is 30.8 Å². The molecule has 0 saturated carbocycles. The fraction of sp³-hybridized carbons (Fsp3) is 1.00. The van der Waals surface area contributed by atoms with Gasteiger partial charge in [-0.1, -0.05) is 19.3 Å². The predicted octanol–water partition coefficient (Wildman–Crippen LogP) is 4.08. The van der Waals surface area contributed by atoms with Gasteiger partial charge in [0.05, 0.1) is 13.2 Å². The molecule has 0 unspecified atom stereocenters. The molecule has 152 valence electrons. The van der Waals surface area contributed by atoms with Crippen LogP contribution in [0.5, 0.6) is 0 Å². The van der Waals surface area contributed by atoms with E-state index >= 15 is 0 Å². The summed E-state index contributed by atoms with van der Waals surface area (Å²) in [6, 6.07) is 1.05. The number of unbranched alkanes of at least 4 members (excludes halogenated alkanes) is 3. The van der Waals surface area contributed by atoms with Crippen LogP contribution in [0.2, 0.25) is 51.9 Å². The van der Waals surface area contributed by atoms with Gasteiger partial charge in [-0.25, -0.2) is 0 Å². The van der Waals surface area contributed by atoms with Crippen LogP contribution in [0, 0.1) is 0 Å². The van der Waals surface area contributed by atoms with Gasteiger partial charge in [0.25, 0.3) is 0 Å². The third-order valence-electron chi connectivity index (χ3n) is 3.69. The summed E-state index contributed by atoms with van der Waals surface area (Å²) in [5.74, 6) is 0. The van der Waals surface area contributed by atoms with Crippen molar-refractivity contribution in [1.82, 2.24) is 0 Å². The molecule has 0 rings (SSSR count). The second-order valence-electron chi connectivity index (χ2n) is 9.34. The van der Waals surface area contributed by atoms with E-state index in [1.54, 1.807) is 6.92 Å². The maximum Gasteiger partial charge on any atom is 0.314 e. The Balaban J connectivity index is 4.23. The number of hydrogen-bond acceptors (Lipinski definition) is 5. The highest BCUT2D eigenvalue weighted by Crippen LogP contribution is 2.26. The zero-order valence-corrected chi connectivity index (χ0v) is 20.8. The van der Waals surface area contributed by atoms with Crippen LogP contribution in [-0.4, -0.2) is 60.8 Å². The van der Waals surface area contributed by atoms with Crippen molar-refractivity contribution in [1.29, 1.82) is 0 Å². The van der Waals surface area contributed by atoms with Gasteiger partial charge >= 0.3 is 8.56 Å². The number of aliphatic hydroxyl groups excluding tert-OH is 2. The minimum Gasteiger partial charge on any atom is -0.437 e. The van der Waals surface area contributed by atoms with Gasteiger partial charge in [-0.3, -0.25) is 0 Å². The van der Waals surface area contributed by atoms with Crippen LogP contribution in [0.3, 0.4) is 0 Å². The number of ether oxygens (including phenoxy) is 1. The van der Waals surface area contributed by atoms with Gasteiger partial charge < -0.3 is 23.2 Å². The average Bonchev–Trinajstić information content (AvgIpc) is 2.41. The smallest absolute Gasteiger partial charge is 0.314 e. The number of rotatable bonds is 14. The first-order valence-electron chi connectivity index (χ1n) is 9.50. The first-order chi connectivity index (χ1) is 11.2. The lowest BCUT2D eigenvalue weighted by Crippen LogP contribution is -2.52. The van der Waals surface area contributed by atoms with Crippen molar-refractivity contribution in [2.24, 2.45) is 0 Å². The van der Waals surface area contributed by atoms with Crippen molar-refractivity contribution in [2.45, 2.75) is 90.1 Å². The van der Waals surface area contributed by atoms with Gasteiger partial charge in [-0.2, -0.15) is 0 Å². The van der Waals surface area contributed by atoms with Crippen molar-refractivity contribution >= 4 is 25.2 Å². The second kappa shape index (κ2) is 10.7. The van der Waals surface area contributed by atoms with E-state index in [1.807, 2.05) is 0 Å². The van der Waals surface area contributed by atoms with Gasteiger partial charge in [0.1, 0.15) is 5.60 Å². The number of aliphatic hydroxyl groups is 2. The van der Waals surface area contributed by atoms with Crippen molar-refractivity contribution in [3.05, 3.63) is 0 Å². The molecule has 0 aromatic carbocycles. The predicted molar refractivity (Wildman–Crippen MR) is 112 cm³/mol. The third kappa shape index (κ3) is 13.3. The first kappa shape index (κ1) is 25.5. The Morgan fingerprint density at radius 3 is 1.56 bits per heavy atom. The van der Waals surface area contributed by atoms with Crippen LogP contribution in [0.1, 0.15) is 32.6 Å². The molecule has 0 fully saturated rings. The fourth-order valence-electron chi connectivity index (χ4n) is 2.78. The van der Waals surface area contributed by atoms with Gasteiger partial charge in [-0.15, -0.1) is 0 Å². The van der Waals surface area contributed by atoms with Crippen LogP contribution in [0.15, 0.2) is 0 Å². The molecule has 0 saturated heterocycles. The standard InChI is InChI=1S/C17H42O5Si3/c1-17(15-18,16-19)20-13-11-9-10-12-14-25(8,21-23(2,3)4)22-24(5,6)7/h18-19H,9-16H2,1-8H3. The molecule has 0 atom stereocenters. The normalized spacial score (nSPS) is 14.2. The SMILES string of the molecule is CC(CO)(CO)OCCCCCC[Si](C)(O[Si](C)(C)C)O[Si](C)(C)C.